The van der Waals surface area contributed by atoms with Crippen molar-refractivity contribution in [2.24, 2.45) is 0 Å². The van der Waals surface area contributed by atoms with Crippen molar-refractivity contribution in [3.63, 3.8) is 0 Å². The van der Waals surface area contributed by atoms with Crippen LogP contribution in [-0.2, 0) is 9.84 Å². The first-order valence-electron chi connectivity index (χ1n) is 7.36. The molecule has 0 radical (unpaired) electrons. The molecule has 0 unspecified atom stereocenters. The summed E-state index contributed by atoms with van der Waals surface area (Å²) in [6.45, 7) is 2.29. The van der Waals surface area contributed by atoms with Gasteiger partial charge < -0.3 is 10.2 Å². The van der Waals surface area contributed by atoms with Gasteiger partial charge in [-0.2, -0.15) is 0 Å². The molecule has 1 amide bonds. The Balaban J connectivity index is 1.80. The summed E-state index contributed by atoms with van der Waals surface area (Å²) < 4.78 is 22.7. The van der Waals surface area contributed by atoms with Gasteiger partial charge in [-0.15, -0.1) is 0 Å². The predicted octanol–water partition coefficient (Wildman–Crippen LogP) is 0.213. The van der Waals surface area contributed by atoms with E-state index in [-0.39, 0.29) is 17.4 Å². The summed E-state index contributed by atoms with van der Waals surface area (Å²) in [4.78, 5) is 16.1. The topological polar surface area (TPSA) is 69.7 Å². The van der Waals surface area contributed by atoms with E-state index in [0.717, 1.165) is 5.69 Å². The van der Waals surface area contributed by atoms with Crippen LogP contribution in [-0.4, -0.2) is 71.0 Å². The van der Waals surface area contributed by atoms with Gasteiger partial charge in [-0.05, 0) is 18.2 Å². The van der Waals surface area contributed by atoms with Gasteiger partial charge in [0, 0.05) is 51.5 Å². The van der Waals surface area contributed by atoms with Gasteiger partial charge in [0.2, 0.25) is 0 Å². The zero-order chi connectivity index (χ0) is 16.2. The van der Waals surface area contributed by atoms with Gasteiger partial charge in [0.05, 0.1) is 11.5 Å². The van der Waals surface area contributed by atoms with Crippen molar-refractivity contribution in [2.45, 2.75) is 0 Å². The van der Waals surface area contributed by atoms with E-state index in [0.29, 0.717) is 31.7 Å². The minimum atomic E-state index is -2.85. The van der Waals surface area contributed by atoms with Crippen LogP contribution in [0.3, 0.4) is 0 Å². The number of carbonyl (C=O) groups excluding carboxylic acids is 1. The average Bonchev–Trinajstić information content (AvgIpc) is 2.49. The Kier molecular flexibility index (Phi) is 5.42. The number of hydrogen-bond donors (Lipinski definition) is 1. The summed E-state index contributed by atoms with van der Waals surface area (Å²) in [5.41, 5.74) is 1.61. The highest BCUT2D eigenvalue weighted by atomic mass is 32.2. The van der Waals surface area contributed by atoms with E-state index in [1.807, 2.05) is 37.2 Å². The van der Waals surface area contributed by atoms with Crippen molar-refractivity contribution in [1.29, 1.82) is 0 Å². The van der Waals surface area contributed by atoms with Gasteiger partial charge in [-0.1, -0.05) is 6.07 Å². The molecule has 0 bridgehead atoms. The highest BCUT2D eigenvalue weighted by Crippen LogP contribution is 2.13. The third kappa shape index (κ3) is 4.71. The number of rotatable bonds is 5. The first-order valence-corrected chi connectivity index (χ1v) is 9.18. The summed E-state index contributed by atoms with van der Waals surface area (Å²) in [6.07, 6.45) is 0. The molecule has 0 saturated carbocycles. The van der Waals surface area contributed by atoms with E-state index in [1.165, 1.54) is 0 Å². The first-order chi connectivity index (χ1) is 10.4. The summed E-state index contributed by atoms with van der Waals surface area (Å²) in [5.74, 6) is 0.325. The van der Waals surface area contributed by atoms with Gasteiger partial charge in [0.1, 0.15) is 0 Å². The molecular formula is C15H23N3O3S. The van der Waals surface area contributed by atoms with Crippen molar-refractivity contribution < 1.29 is 13.2 Å². The average molecular weight is 325 g/mol. The lowest BCUT2D eigenvalue weighted by molar-refractivity contribution is 0.0948. The number of carbonyl (C=O) groups is 1. The largest absolute Gasteiger partial charge is 0.378 e. The second kappa shape index (κ2) is 7.11. The summed E-state index contributed by atoms with van der Waals surface area (Å²) >= 11 is 0. The van der Waals surface area contributed by atoms with Crippen LogP contribution in [0.25, 0.3) is 0 Å². The maximum absolute atomic E-state index is 12.1. The molecule has 1 heterocycles. The minimum absolute atomic E-state index is 0.103. The fourth-order valence-corrected chi connectivity index (χ4v) is 3.61. The van der Waals surface area contributed by atoms with E-state index >= 15 is 0 Å². The summed E-state index contributed by atoms with van der Waals surface area (Å²) in [5, 5.41) is 2.88. The molecular weight excluding hydrogens is 302 g/mol. The highest BCUT2D eigenvalue weighted by Gasteiger charge is 2.21. The quantitative estimate of drug-likeness (QED) is 0.838. The third-order valence-corrected chi connectivity index (χ3v) is 5.38. The second-order valence-electron chi connectivity index (χ2n) is 5.69. The maximum atomic E-state index is 12.1. The summed E-state index contributed by atoms with van der Waals surface area (Å²) in [7, 11) is 1.02. The van der Waals surface area contributed by atoms with Crippen LogP contribution in [0, 0.1) is 0 Å². The van der Waals surface area contributed by atoms with Crippen LogP contribution in [0.5, 0.6) is 0 Å². The normalized spacial score (nSPS) is 17.9. The van der Waals surface area contributed by atoms with Gasteiger partial charge in [0.25, 0.3) is 5.91 Å². The Hall–Kier alpha value is -1.60. The lowest BCUT2D eigenvalue weighted by Gasteiger charge is -2.26. The van der Waals surface area contributed by atoms with Crippen LogP contribution in [0.1, 0.15) is 10.4 Å². The standard InChI is InChI=1S/C15H23N3O3S/c1-17(2)14-5-3-4-13(12-14)15(19)16-6-7-18-8-10-22(20,21)11-9-18/h3-5,12H,6-11H2,1-2H3,(H,16,19). The molecule has 0 spiro atoms. The number of hydrogen-bond acceptors (Lipinski definition) is 5. The molecule has 0 atom stereocenters. The van der Waals surface area contributed by atoms with E-state index < -0.39 is 9.84 Å². The Morgan fingerprint density at radius 3 is 2.59 bits per heavy atom. The number of anilines is 1. The molecule has 1 saturated heterocycles. The molecule has 1 aliphatic heterocycles. The molecule has 1 aromatic carbocycles. The number of benzene rings is 1. The fourth-order valence-electron chi connectivity index (χ4n) is 2.33. The molecule has 2 rings (SSSR count). The molecule has 22 heavy (non-hydrogen) atoms. The Labute approximate surface area is 132 Å². The van der Waals surface area contributed by atoms with Crippen molar-refractivity contribution in [1.82, 2.24) is 10.2 Å². The highest BCUT2D eigenvalue weighted by molar-refractivity contribution is 7.91. The van der Waals surface area contributed by atoms with Gasteiger partial charge in [0.15, 0.2) is 9.84 Å². The van der Waals surface area contributed by atoms with Crippen LogP contribution in [0.2, 0.25) is 0 Å². The van der Waals surface area contributed by atoms with Crippen molar-refractivity contribution >= 4 is 21.4 Å². The van der Waals surface area contributed by atoms with E-state index in [2.05, 4.69) is 10.2 Å². The molecule has 122 valence electrons. The Morgan fingerprint density at radius 2 is 1.95 bits per heavy atom. The molecule has 0 aliphatic carbocycles. The molecule has 0 aromatic heterocycles. The molecule has 7 heteroatoms. The zero-order valence-electron chi connectivity index (χ0n) is 13.1. The number of nitrogens with one attached hydrogen (secondary N) is 1. The molecule has 6 nitrogen and oxygen atoms in total. The van der Waals surface area contributed by atoms with Crippen molar-refractivity contribution in [3.05, 3.63) is 29.8 Å². The smallest absolute Gasteiger partial charge is 0.251 e. The fraction of sp³-hybridized carbons (Fsp3) is 0.533. The maximum Gasteiger partial charge on any atom is 0.251 e. The molecule has 1 fully saturated rings. The third-order valence-electron chi connectivity index (χ3n) is 3.78. The second-order valence-corrected chi connectivity index (χ2v) is 8.00. The van der Waals surface area contributed by atoms with Gasteiger partial charge in [-0.25, -0.2) is 8.42 Å². The van der Waals surface area contributed by atoms with Crippen LogP contribution in [0.15, 0.2) is 24.3 Å². The van der Waals surface area contributed by atoms with E-state index in [9.17, 15) is 13.2 Å². The predicted molar refractivity (Wildman–Crippen MR) is 88.2 cm³/mol. The lowest BCUT2D eigenvalue weighted by atomic mass is 10.2. The number of amides is 1. The zero-order valence-corrected chi connectivity index (χ0v) is 13.9. The monoisotopic (exact) mass is 325 g/mol. The van der Waals surface area contributed by atoms with Gasteiger partial charge in [-0.3, -0.25) is 9.69 Å². The summed E-state index contributed by atoms with van der Waals surface area (Å²) in [6, 6.07) is 7.45. The van der Waals surface area contributed by atoms with E-state index in [1.54, 1.807) is 6.07 Å². The Morgan fingerprint density at radius 1 is 1.27 bits per heavy atom. The lowest BCUT2D eigenvalue weighted by Crippen LogP contribution is -2.43. The molecule has 1 aliphatic rings. The SMILES string of the molecule is CN(C)c1cccc(C(=O)NCCN2CCS(=O)(=O)CC2)c1. The Bertz CT molecular complexity index is 615. The van der Waals surface area contributed by atoms with Gasteiger partial charge >= 0.3 is 0 Å². The van der Waals surface area contributed by atoms with Crippen LogP contribution in [0.4, 0.5) is 5.69 Å². The number of nitrogens with zero attached hydrogens (tertiary/aromatic N) is 2. The van der Waals surface area contributed by atoms with Crippen molar-refractivity contribution in [3.8, 4) is 0 Å². The van der Waals surface area contributed by atoms with Crippen molar-refractivity contribution in [2.75, 3.05) is 56.7 Å². The van der Waals surface area contributed by atoms with Crippen LogP contribution >= 0.6 is 0 Å². The molecule has 1 aromatic rings. The minimum Gasteiger partial charge on any atom is -0.378 e. The first kappa shape index (κ1) is 16.8. The number of sulfone groups is 1. The van der Waals surface area contributed by atoms with Crippen LogP contribution < -0.4 is 10.2 Å². The molecule has 1 N–H and O–H groups in total. The van der Waals surface area contributed by atoms with E-state index in [4.69, 9.17) is 0 Å².